The maximum Gasteiger partial charge on any atom is 0.262 e. The molecule has 5 rings (SSSR count). The van der Waals surface area contributed by atoms with E-state index in [1.165, 1.54) is 17.3 Å². The molecule has 2 aliphatic rings. The zero-order valence-corrected chi connectivity index (χ0v) is 20.5. The molecule has 0 saturated carbocycles. The summed E-state index contributed by atoms with van der Waals surface area (Å²) in [5.41, 5.74) is 2.51. The van der Waals surface area contributed by atoms with Crippen LogP contribution < -0.4 is 10.9 Å². The third-order valence-electron chi connectivity index (χ3n) is 6.32. The van der Waals surface area contributed by atoms with E-state index in [4.69, 9.17) is 14.5 Å². The van der Waals surface area contributed by atoms with E-state index in [1.54, 1.807) is 10.6 Å². The van der Waals surface area contributed by atoms with Gasteiger partial charge in [0.1, 0.15) is 0 Å². The SMILES string of the molecule is O=C(CSc1nc2ccccc2c(=O)n1CC1CCCO1)Nc1ccc(CN2CCOCC2)cc1. The van der Waals surface area contributed by atoms with Crippen molar-refractivity contribution in [2.45, 2.75) is 37.2 Å². The smallest absolute Gasteiger partial charge is 0.262 e. The molecule has 0 aliphatic carbocycles. The van der Waals surface area contributed by atoms with Crippen molar-refractivity contribution in [3.05, 3.63) is 64.4 Å². The summed E-state index contributed by atoms with van der Waals surface area (Å²) in [6.45, 7) is 5.48. The molecule has 3 aromatic rings. The van der Waals surface area contributed by atoms with Crippen LogP contribution in [0.15, 0.2) is 58.5 Å². The van der Waals surface area contributed by atoms with E-state index >= 15 is 0 Å². The Hall–Kier alpha value is -2.72. The van der Waals surface area contributed by atoms with Gasteiger partial charge in [-0.2, -0.15) is 0 Å². The maximum atomic E-state index is 13.2. The summed E-state index contributed by atoms with van der Waals surface area (Å²) in [7, 11) is 0. The molecule has 2 saturated heterocycles. The van der Waals surface area contributed by atoms with Crippen LogP contribution >= 0.6 is 11.8 Å². The molecular weight excluding hydrogens is 464 g/mol. The summed E-state index contributed by atoms with van der Waals surface area (Å²) in [6, 6.07) is 15.3. The van der Waals surface area contributed by atoms with Gasteiger partial charge in [0, 0.05) is 31.9 Å². The minimum atomic E-state index is -0.137. The lowest BCUT2D eigenvalue weighted by molar-refractivity contribution is -0.113. The lowest BCUT2D eigenvalue weighted by Crippen LogP contribution is -2.35. The third kappa shape index (κ3) is 6.10. The Morgan fingerprint density at radius 1 is 1.09 bits per heavy atom. The van der Waals surface area contributed by atoms with Crippen molar-refractivity contribution in [3.8, 4) is 0 Å². The first-order valence-corrected chi connectivity index (χ1v) is 13.1. The van der Waals surface area contributed by atoms with E-state index in [0.717, 1.165) is 58.0 Å². The summed E-state index contributed by atoms with van der Waals surface area (Å²) in [4.78, 5) is 33.0. The molecule has 1 unspecified atom stereocenters. The van der Waals surface area contributed by atoms with Crippen molar-refractivity contribution < 1.29 is 14.3 Å². The summed E-state index contributed by atoms with van der Waals surface area (Å²) >= 11 is 1.28. The van der Waals surface area contributed by atoms with Crippen molar-refractivity contribution in [3.63, 3.8) is 0 Å². The number of carbonyl (C=O) groups is 1. The molecular formula is C26H30N4O4S. The first-order valence-electron chi connectivity index (χ1n) is 12.1. The van der Waals surface area contributed by atoms with Gasteiger partial charge in [-0.25, -0.2) is 4.98 Å². The minimum Gasteiger partial charge on any atom is -0.379 e. The second-order valence-corrected chi connectivity index (χ2v) is 9.83. The Morgan fingerprint density at radius 3 is 2.66 bits per heavy atom. The number of nitrogens with zero attached hydrogens (tertiary/aromatic N) is 3. The van der Waals surface area contributed by atoms with Gasteiger partial charge in [0.15, 0.2) is 5.16 Å². The van der Waals surface area contributed by atoms with E-state index in [1.807, 2.05) is 42.5 Å². The lowest BCUT2D eigenvalue weighted by atomic mass is 10.2. The van der Waals surface area contributed by atoms with Crippen LogP contribution in [0.4, 0.5) is 5.69 Å². The van der Waals surface area contributed by atoms with Crippen molar-refractivity contribution in [1.29, 1.82) is 0 Å². The highest BCUT2D eigenvalue weighted by Gasteiger charge is 2.21. The van der Waals surface area contributed by atoms with Crippen LogP contribution in [0, 0.1) is 0 Å². The van der Waals surface area contributed by atoms with E-state index in [0.29, 0.717) is 22.6 Å². The third-order valence-corrected chi connectivity index (χ3v) is 7.29. The van der Waals surface area contributed by atoms with E-state index < -0.39 is 0 Å². The molecule has 35 heavy (non-hydrogen) atoms. The summed E-state index contributed by atoms with van der Waals surface area (Å²) < 4.78 is 12.8. The number of hydrogen-bond acceptors (Lipinski definition) is 7. The molecule has 184 valence electrons. The first-order chi connectivity index (χ1) is 17.2. The largest absolute Gasteiger partial charge is 0.379 e. The van der Waals surface area contributed by atoms with Crippen LogP contribution in [0.5, 0.6) is 0 Å². The van der Waals surface area contributed by atoms with Gasteiger partial charge < -0.3 is 14.8 Å². The number of benzene rings is 2. The van der Waals surface area contributed by atoms with E-state index in [2.05, 4.69) is 10.2 Å². The van der Waals surface area contributed by atoms with Gasteiger partial charge in [-0.15, -0.1) is 0 Å². The van der Waals surface area contributed by atoms with Crippen LogP contribution in [0.1, 0.15) is 18.4 Å². The predicted octanol–water partition coefficient (Wildman–Crippen LogP) is 3.14. The number of thioether (sulfide) groups is 1. The van der Waals surface area contributed by atoms with Crippen molar-refractivity contribution in [2.24, 2.45) is 0 Å². The number of hydrogen-bond donors (Lipinski definition) is 1. The van der Waals surface area contributed by atoms with E-state index in [9.17, 15) is 9.59 Å². The standard InChI is InChI=1S/C26H30N4O4S/c31-24(27-20-9-7-19(8-10-20)16-29-11-14-33-15-12-29)18-35-26-28-23-6-2-1-5-22(23)25(32)30(26)17-21-4-3-13-34-21/h1-2,5-10,21H,3-4,11-18H2,(H,27,31). The number of amides is 1. The molecule has 1 aromatic heterocycles. The fourth-order valence-electron chi connectivity index (χ4n) is 4.45. The fourth-order valence-corrected chi connectivity index (χ4v) is 5.26. The van der Waals surface area contributed by atoms with Crippen molar-refractivity contribution in [2.75, 3.05) is 44.0 Å². The number of ether oxygens (including phenoxy) is 2. The maximum absolute atomic E-state index is 13.2. The molecule has 0 spiro atoms. The molecule has 1 amide bonds. The number of fused-ring (bicyclic) bond motifs is 1. The molecule has 3 heterocycles. The number of nitrogens with one attached hydrogen (secondary N) is 1. The Kier molecular flexibility index (Phi) is 7.78. The monoisotopic (exact) mass is 494 g/mol. The van der Waals surface area contributed by atoms with Crippen LogP contribution in [0.2, 0.25) is 0 Å². The molecule has 1 atom stereocenters. The molecule has 2 aliphatic heterocycles. The van der Waals surface area contributed by atoms with Gasteiger partial charge in [0.05, 0.1) is 42.5 Å². The van der Waals surface area contributed by atoms with Crippen LogP contribution in [-0.2, 0) is 27.4 Å². The fraction of sp³-hybridized carbons (Fsp3) is 0.423. The predicted molar refractivity (Wildman–Crippen MR) is 137 cm³/mol. The first kappa shape index (κ1) is 24.0. The second kappa shape index (κ2) is 11.3. The highest BCUT2D eigenvalue weighted by atomic mass is 32.2. The van der Waals surface area contributed by atoms with Gasteiger partial charge in [-0.05, 0) is 42.7 Å². The highest BCUT2D eigenvalue weighted by Crippen LogP contribution is 2.21. The Balaban J connectivity index is 1.23. The topological polar surface area (TPSA) is 85.7 Å². The quantitative estimate of drug-likeness (QED) is 0.380. The molecule has 2 fully saturated rings. The average Bonchev–Trinajstić information content (AvgIpc) is 3.40. The normalized spacial score (nSPS) is 18.7. The van der Waals surface area contributed by atoms with Gasteiger partial charge in [-0.3, -0.25) is 19.1 Å². The van der Waals surface area contributed by atoms with Crippen LogP contribution in [-0.4, -0.2) is 65.1 Å². The molecule has 8 nitrogen and oxygen atoms in total. The summed E-state index contributed by atoms with van der Waals surface area (Å²) in [5, 5.41) is 4.08. The van der Waals surface area contributed by atoms with Crippen LogP contribution in [0.3, 0.4) is 0 Å². The Bertz CT molecular complexity index is 1220. The van der Waals surface area contributed by atoms with Gasteiger partial charge >= 0.3 is 0 Å². The second-order valence-electron chi connectivity index (χ2n) is 8.88. The Morgan fingerprint density at radius 2 is 1.89 bits per heavy atom. The number of aromatic nitrogens is 2. The number of anilines is 1. The van der Waals surface area contributed by atoms with Crippen molar-refractivity contribution in [1.82, 2.24) is 14.5 Å². The van der Waals surface area contributed by atoms with Crippen LogP contribution in [0.25, 0.3) is 10.9 Å². The molecule has 0 bridgehead atoms. The average molecular weight is 495 g/mol. The van der Waals surface area contributed by atoms with E-state index in [-0.39, 0.29) is 23.3 Å². The van der Waals surface area contributed by atoms with Gasteiger partial charge in [-0.1, -0.05) is 36.0 Å². The van der Waals surface area contributed by atoms with Gasteiger partial charge in [0.2, 0.25) is 5.91 Å². The van der Waals surface area contributed by atoms with Crippen molar-refractivity contribution >= 4 is 34.3 Å². The number of para-hydroxylation sites is 1. The number of rotatable bonds is 8. The Labute approximate surface area is 208 Å². The highest BCUT2D eigenvalue weighted by molar-refractivity contribution is 7.99. The van der Waals surface area contributed by atoms with Gasteiger partial charge in [0.25, 0.3) is 5.56 Å². The summed E-state index contributed by atoms with van der Waals surface area (Å²) in [5.74, 6) is 0.0215. The lowest BCUT2D eigenvalue weighted by Gasteiger charge is -2.26. The number of carbonyl (C=O) groups excluding carboxylic acids is 1. The number of morpholine rings is 1. The molecule has 1 N–H and O–H groups in total. The molecule has 2 aromatic carbocycles. The zero-order valence-electron chi connectivity index (χ0n) is 19.7. The summed E-state index contributed by atoms with van der Waals surface area (Å²) in [6.07, 6.45) is 1.92. The molecule has 9 heteroatoms. The zero-order chi connectivity index (χ0) is 24.0. The molecule has 0 radical (unpaired) electrons. The minimum absolute atomic E-state index is 0.000171.